The van der Waals surface area contributed by atoms with Crippen LogP contribution in [0.4, 0.5) is 0 Å². The van der Waals surface area contributed by atoms with E-state index in [1.165, 1.54) is 11.8 Å². The van der Waals surface area contributed by atoms with E-state index in [4.69, 9.17) is 16.3 Å². The summed E-state index contributed by atoms with van der Waals surface area (Å²) >= 11 is 5.98. The molecule has 0 aliphatic carbocycles. The van der Waals surface area contributed by atoms with E-state index in [-0.39, 0.29) is 6.54 Å². The Morgan fingerprint density at radius 2 is 2.00 bits per heavy atom. The molecule has 18 heavy (non-hydrogen) atoms. The third kappa shape index (κ3) is 3.23. The average Bonchev–Trinajstić information content (AvgIpc) is 2.27. The van der Waals surface area contributed by atoms with Crippen LogP contribution in [0.5, 0.6) is 5.75 Å². The first kappa shape index (κ1) is 14.5. The van der Waals surface area contributed by atoms with Crippen LogP contribution in [0.15, 0.2) is 12.1 Å². The van der Waals surface area contributed by atoms with Crippen molar-refractivity contribution in [3.05, 3.63) is 28.3 Å². The van der Waals surface area contributed by atoms with Crippen LogP contribution in [-0.2, 0) is 16.1 Å². The first-order valence-corrected chi connectivity index (χ1v) is 5.83. The number of carbonyl (C=O) groups is 2. The summed E-state index contributed by atoms with van der Waals surface area (Å²) in [5.74, 6) is -0.340. The van der Waals surface area contributed by atoms with Gasteiger partial charge in [0.05, 0.1) is 7.11 Å². The van der Waals surface area contributed by atoms with Gasteiger partial charge >= 0.3 is 0 Å². The Hall–Kier alpha value is -1.55. The van der Waals surface area contributed by atoms with Crippen LogP contribution < -0.4 is 4.74 Å². The molecule has 1 aromatic carbocycles. The lowest BCUT2D eigenvalue weighted by Crippen LogP contribution is -2.31. The number of hydrogen-bond acceptors (Lipinski definition) is 3. The quantitative estimate of drug-likeness (QED) is 0.788. The molecule has 0 heterocycles. The van der Waals surface area contributed by atoms with Crippen LogP contribution >= 0.6 is 11.6 Å². The van der Waals surface area contributed by atoms with Crippen LogP contribution in [0.1, 0.15) is 18.1 Å². The normalized spacial score (nSPS) is 10.1. The van der Waals surface area contributed by atoms with Crippen molar-refractivity contribution in [1.29, 1.82) is 0 Å². The highest BCUT2D eigenvalue weighted by atomic mass is 35.5. The lowest BCUT2D eigenvalue weighted by Gasteiger charge is -2.18. The van der Waals surface area contributed by atoms with Crippen molar-refractivity contribution in [2.45, 2.75) is 20.4 Å². The number of benzene rings is 1. The van der Waals surface area contributed by atoms with Crippen molar-refractivity contribution in [1.82, 2.24) is 4.90 Å². The summed E-state index contributed by atoms with van der Waals surface area (Å²) in [6.45, 7) is 3.41. The summed E-state index contributed by atoms with van der Waals surface area (Å²) in [7, 11) is 3.13. The van der Waals surface area contributed by atoms with Gasteiger partial charge in [-0.25, -0.2) is 0 Å². The Labute approximate surface area is 111 Å². The number of hydrogen-bond donors (Lipinski definition) is 0. The minimum atomic E-state index is -0.533. The fraction of sp³-hybridized carbons (Fsp3) is 0.385. The van der Waals surface area contributed by atoms with E-state index < -0.39 is 11.7 Å². The number of aryl methyl sites for hydroxylation is 1. The van der Waals surface area contributed by atoms with Crippen LogP contribution in [-0.4, -0.2) is 30.7 Å². The molecule has 0 saturated heterocycles. The van der Waals surface area contributed by atoms with E-state index in [9.17, 15) is 9.59 Å². The number of amides is 1. The minimum Gasteiger partial charge on any atom is -0.496 e. The summed E-state index contributed by atoms with van der Waals surface area (Å²) < 4.78 is 5.29. The van der Waals surface area contributed by atoms with Crippen molar-refractivity contribution < 1.29 is 14.3 Å². The number of carbonyl (C=O) groups excluding carboxylic acids is 2. The number of Topliss-reactive ketones (excluding diaryl/α,β-unsaturated/α-hetero) is 1. The lowest BCUT2D eigenvalue weighted by atomic mass is 10.1. The molecule has 0 N–H and O–H groups in total. The van der Waals surface area contributed by atoms with Crippen LogP contribution in [0.25, 0.3) is 0 Å². The van der Waals surface area contributed by atoms with E-state index in [1.54, 1.807) is 26.3 Å². The number of rotatable bonds is 4. The maximum absolute atomic E-state index is 11.5. The van der Waals surface area contributed by atoms with E-state index in [0.29, 0.717) is 10.8 Å². The third-order valence-corrected chi connectivity index (χ3v) is 2.79. The highest BCUT2D eigenvalue weighted by Gasteiger charge is 2.17. The first-order chi connectivity index (χ1) is 8.36. The summed E-state index contributed by atoms with van der Waals surface area (Å²) in [6, 6.07) is 3.52. The Balaban J connectivity index is 3.03. The smallest absolute Gasteiger partial charge is 0.289 e. The Morgan fingerprint density at radius 1 is 1.39 bits per heavy atom. The molecular weight excluding hydrogens is 254 g/mol. The van der Waals surface area contributed by atoms with Gasteiger partial charge in [-0.15, -0.1) is 0 Å². The topological polar surface area (TPSA) is 46.6 Å². The maximum Gasteiger partial charge on any atom is 0.289 e. The molecule has 0 radical (unpaired) electrons. The molecule has 0 bridgehead atoms. The fourth-order valence-electron chi connectivity index (χ4n) is 1.80. The largest absolute Gasteiger partial charge is 0.496 e. The monoisotopic (exact) mass is 269 g/mol. The van der Waals surface area contributed by atoms with Crippen molar-refractivity contribution >= 4 is 23.3 Å². The van der Waals surface area contributed by atoms with Crippen molar-refractivity contribution in [3.63, 3.8) is 0 Å². The van der Waals surface area contributed by atoms with Gasteiger partial charge in [-0.2, -0.15) is 0 Å². The summed E-state index contributed by atoms with van der Waals surface area (Å²) in [4.78, 5) is 23.9. The van der Waals surface area contributed by atoms with Crippen LogP contribution in [0, 0.1) is 6.92 Å². The molecule has 0 fully saturated rings. The molecule has 0 unspecified atom stereocenters. The zero-order valence-corrected chi connectivity index (χ0v) is 11.7. The zero-order valence-electron chi connectivity index (χ0n) is 10.9. The molecule has 0 aliphatic rings. The molecular formula is C13H16ClNO3. The molecule has 4 nitrogen and oxygen atoms in total. The highest BCUT2D eigenvalue weighted by Crippen LogP contribution is 2.28. The molecule has 1 amide bonds. The van der Waals surface area contributed by atoms with Gasteiger partial charge < -0.3 is 9.64 Å². The Bertz CT molecular complexity index is 485. The molecule has 0 aromatic heterocycles. The van der Waals surface area contributed by atoms with Gasteiger partial charge in [0, 0.05) is 31.1 Å². The predicted octanol–water partition coefficient (Wildman–Crippen LogP) is 2.20. The fourth-order valence-corrected chi connectivity index (χ4v) is 2.10. The average molecular weight is 270 g/mol. The van der Waals surface area contributed by atoms with Crippen LogP contribution in [0.2, 0.25) is 5.02 Å². The number of ketones is 1. The summed E-state index contributed by atoms with van der Waals surface area (Å²) in [5.41, 5.74) is 1.67. The van der Waals surface area contributed by atoms with Gasteiger partial charge in [0.15, 0.2) is 0 Å². The van der Waals surface area contributed by atoms with Crippen molar-refractivity contribution in [2.75, 3.05) is 14.2 Å². The summed E-state index contributed by atoms with van der Waals surface area (Å²) in [6.07, 6.45) is 0. The number of methoxy groups -OCH3 is 1. The van der Waals surface area contributed by atoms with Gasteiger partial charge in [-0.05, 0) is 24.6 Å². The van der Waals surface area contributed by atoms with E-state index in [1.807, 2.05) is 6.92 Å². The standard InChI is InChI=1S/C13H16ClNO3/c1-8-5-11(14)6-10(12(8)18-4)7-15(3)13(17)9(2)16/h5-6H,7H2,1-4H3. The van der Waals surface area contributed by atoms with Crippen molar-refractivity contribution in [3.8, 4) is 5.75 Å². The van der Waals surface area contributed by atoms with Crippen LogP contribution in [0.3, 0.4) is 0 Å². The van der Waals surface area contributed by atoms with E-state index in [0.717, 1.165) is 11.1 Å². The molecule has 0 spiro atoms. The maximum atomic E-state index is 11.5. The Morgan fingerprint density at radius 3 is 2.50 bits per heavy atom. The molecule has 0 aliphatic heterocycles. The van der Waals surface area contributed by atoms with Crippen molar-refractivity contribution in [2.24, 2.45) is 0 Å². The third-order valence-electron chi connectivity index (χ3n) is 2.58. The van der Waals surface area contributed by atoms with Gasteiger partial charge in [-0.1, -0.05) is 11.6 Å². The Kier molecular flexibility index (Phi) is 4.73. The van der Waals surface area contributed by atoms with Gasteiger partial charge in [0.2, 0.25) is 5.78 Å². The number of ether oxygens (including phenoxy) is 1. The molecule has 98 valence electrons. The molecule has 1 aromatic rings. The van der Waals surface area contributed by atoms with Gasteiger partial charge in [0.25, 0.3) is 5.91 Å². The summed E-state index contributed by atoms with van der Waals surface area (Å²) in [5, 5.41) is 0.576. The molecule has 1 rings (SSSR count). The minimum absolute atomic E-state index is 0.281. The van der Waals surface area contributed by atoms with E-state index in [2.05, 4.69) is 0 Å². The second kappa shape index (κ2) is 5.87. The van der Waals surface area contributed by atoms with Gasteiger partial charge in [-0.3, -0.25) is 9.59 Å². The zero-order chi connectivity index (χ0) is 13.9. The molecule has 0 atom stereocenters. The van der Waals surface area contributed by atoms with E-state index >= 15 is 0 Å². The number of halogens is 1. The lowest BCUT2D eigenvalue weighted by molar-refractivity contribution is -0.143. The second-order valence-electron chi connectivity index (χ2n) is 4.13. The number of nitrogens with zero attached hydrogens (tertiary/aromatic N) is 1. The van der Waals surface area contributed by atoms with Gasteiger partial charge in [0.1, 0.15) is 5.75 Å². The molecule has 5 heteroatoms. The first-order valence-electron chi connectivity index (χ1n) is 5.45. The SMILES string of the molecule is COc1c(C)cc(Cl)cc1CN(C)C(=O)C(C)=O. The highest BCUT2D eigenvalue weighted by molar-refractivity contribution is 6.35. The molecule has 0 saturated carbocycles. The predicted molar refractivity (Wildman–Crippen MR) is 69.9 cm³/mol. The second-order valence-corrected chi connectivity index (χ2v) is 4.57. The number of likely N-dealkylation sites (N-methyl/N-ethyl adjacent to an activating group) is 1.